The maximum Gasteiger partial charge on any atom is 0.407 e. The molecule has 0 saturated carbocycles. The van der Waals surface area contributed by atoms with Gasteiger partial charge in [-0.05, 0) is 72.7 Å². The van der Waals surface area contributed by atoms with Gasteiger partial charge in [-0.2, -0.15) is 0 Å². The highest BCUT2D eigenvalue weighted by Crippen LogP contribution is 2.34. The van der Waals surface area contributed by atoms with Crippen molar-refractivity contribution in [2.24, 2.45) is 0 Å². The lowest BCUT2D eigenvalue weighted by atomic mass is 10.0. The molecule has 3 saturated heterocycles. The number of urea groups is 1. The van der Waals surface area contributed by atoms with Gasteiger partial charge in [0.1, 0.15) is 17.9 Å². The summed E-state index contributed by atoms with van der Waals surface area (Å²) in [6.45, 7) is 4.14. The van der Waals surface area contributed by atoms with Crippen LogP contribution in [0.15, 0.2) is 115 Å². The van der Waals surface area contributed by atoms with Crippen molar-refractivity contribution in [1.82, 2.24) is 45.5 Å². The number of hydrogen-bond acceptors (Lipinski definition) is 8. The lowest BCUT2D eigenvalue weighted by molar-refractivity contribution is -0.135. The van der Waals surface area contributed by atoms with Gasteiger partial charge in [-0.15, -0.1) is 0 Å². The number of nitrogens with zero attached hydrogens (tertiary/aromatic N) is 5. The van der Waals surface area contributed by atoms with Crippen LogP contribution in [0.3, 0.4) is 0 Å². The Bertz CT molecular complexity index is 2400. The van der Waals surface area contributed by atoms with Crippen LogP contribution in [0.25, 0.3) is 22.4 Å². The van der Waals surface area contributed by atoms with Crippen LogP contribution < -0.4 is 16.0 Å². The number of nitrogens with one attached hydrogen (secondary N) is 4. The SMILES string of the molecule is COC(=O)NC(C(=O)N1CCCC1c1ncc(-c2ccc(-c3ccc(C(=O)NCC4CCCN4C(=O)C(NC(=O)N4CCN(C)CC4)c4ccccc4)cc3)cc2)[nH]1)c1ccccc1. The smallest absolute Gasteiger partial charge is 0.407 e. The highest BCUT2D eigenvalue weighted by molar-refractivity contribution is 5.95. The molecule has 15 heteroatoms. The first-order valence-electron chi connectivity index (χ1n) is 22.0. The molecule has 4 atom stereocenters. The zero-order chi connectivity index (χ0) is 44.6. The fraction of sp³-hybridized carbons (Fsp3) is 0.347. The van der Waals surface area contributed by atoms with Crippen molar-refractivity contribution < 1.29 is 28.7 Å². The zero-order valence-electron chi connectivity index (χ0n) is 36.2. The van der Waals surface area contributed by atoms with Gasteiger partial charge in [0.2, 0.25) is 5.91 Å². The van der Waals surface area contributed by atoms with Gasteiger partial charge >= 0.3 is 12.1 Å². The lowest BCUT2D eigenvalue weighted by Crippen LogP contribution is -2.54. The molecule has 64 heavy (non-hydrogen) atoms. The summed E-state index contributed by atoms with van der Waals surface area (Å²) in [6, 6.07) is 31.5. The number of alkyl carbamates (subject to hydrolysis) is 1. The Labute approximate surface area is 373 Å². The number of methoxy groups -OCH3 is 1. The number of carbonyl (C=O) groups is 5. The van der Waals surface area contributed by atoms with E-state index in [1.807, 2.05) is 104 Å². The number of rotatable bonds is 12. The van der Waals surface area contributed by atoms with E-state index in [-0.39, 0.29) is 35.8 Å². The van der Waals surface area contributed by atoms with E-state index >= 15 is 0 Å². The summed E-state index contributed by atoms with van der Waals surface area (Å²) in [6.07, 6.45) is 4.19. The minimum absolute atomic E-state index is 0.176. The third-order valence-corrected chi connectivity index (χ3v) is 12.5. The van der Waals surface area contributed by atoms with Crippen LogP contribution >= 0.6 is 0 Å². The molecule has 8 rings (SSSR count). The monoisotopic (exact) mass is 865 g/mol. The first-order valence-corrected chi connectivity index (χ1v) is 22.0. The van der Waals surface area contributed by atoms with Crippen LogP contribution in [0.5, 0.6) is 0 Å². The third kappa shape index (κ3) is 9.94. The Kier molecular flexibility index (Phi) is 13.6. The highest BCUT2D eigenvalue weighted by Gasteiger charge is 2.38. The standard InChI is InChI=1S/C49H55N9O6/c1-55-27-29-56(30-28-55)48(62)53-42(36-11-5-3-6-12-36)46(60)57-25-9-15-39(57)31-51-45(59)38-23-19-34(20-24-38)33-17-21-35(22-18-33)40-32-50-44(52-40)41-16-10-26-58(41)47(61)43(54-49(63)64-2)37-13-7-4-8-14-37/h3-8,11-14,17-24,32,39,41-43H,9-10,15-16,25-31H2,1-2H3,(H,50,52)(H,51,59)(H,53,62)(H,54,63). The number of likely N-dealkylation sites (N-methyl/N-ethyl adjacent to an activating group) is 1. The molecule has 1 aromatic heterocycles. The van der Waals surface area contributed by atoms with E-state index in [2.05, 4.69) is 30.8 Å². The van der Waals surface area contributed by atoms with Gasteiger partial charge in [0.15, 0.2) is 0 Å². The topological polar surface area (TPSA) is 172 Å². The number of amides is 6. The van der Waals surface area contributed by atoms with Crippen molar-refractivity contribution in [2.45, 2.75) is 49.9 Å². The van der Waals surface area contributed by atoms with Crippen molar-refractivity contribution in [3.8, 4) is 22.4 Å². The normalized spacial score (nSPS) is 18.6. The van der Waals surface area contributed by atoms with Gasteiger partial charge in [0.25, 0.3) is 11.8 Å². The molecule has 4 N–H and O–H groups in total. The van der Waals surface area contributed by atoms with Crippen LogP contribution in [0.1, 0.15) is 71.1 Å². The second kappa shape index (κ2) is 20.0. The van der Waals surface area contributed by atoms with Crippen LogP contribution in [-0.2, 0) is 14.3 Å². The number of aromatic amines is 1. The predicted molar refractivity (Wildman–Crippen MR) is 242 cm³/mol. The summed E-state index contributed by atoms with van der Waals surface area (Å²) < 4.78 is 4.83. The molecular weight excluding hydrogens is 811 g/mol. The van der Waals surface area contributed by atoms with Crippen molar-refractivity contribution in [3.05, 3.63) is 138 Å². The van der Waals surface area contributed by atoms with Crippen LogP contribution in [0.4, 0.5) is 9.59 Å². The molecule has 5 aromatic rings. The minimum atomic E-state index is -0.895. The van der Waals surface area contributed by atoms with Gasteiger partial charge in [-0.25, -0.2) is 14.6 Å². The largest absolute Gasteiger partial charge is 0.453 e. The summed E-state index contributed by atoms with van der Waals surface area (Å²) >= 11 is 0. The maximum atomic E-state index is 14.1. The summed E-state index contributed by atoms with van der Waals surface area (Å²) in [4.78, 5) is 82.7. The van der Waals surface area contributed by atoms with E-state index in [0.29, 0.717) is 49.7 Å². The van der Waals surface area contributed by atoms with E-state index in [0.717, 1.165) is 66.7 Å². The van der Waals surface area contributed by atoms with Gasteiger partial charge in [0.05, 0.1) is 25.0 Å². The second-order valence-electron chi connectivity index (χ2n) is 16.6. The molecule has 0 bridgehead atoms. The average Bonchev–Trinajstić information content (AvgIpc) is 4.14. The molecule has 0 spiro atoms. The van der Waals surface area contributed by atoms with Crippen LogP contribution in [0.2, 0.25) is 0 Å². The number of hydrogen-bond donors (Lipinski definition) is 4. The number of piperazine rings is 1. The molecule has 6 amide bonds. The fourth-order valence-corrected chi connectivity index (χ4v) is 8.87. The average molecular weight is 866 g/mol. The molecule has 4 unspecified atom stereocenters. The van der Waals surface area contributed by atoms with E-state index in [4.69, 9.17) is 4.74 Å². The first-order chi connectivity index (χ1) is 31.2. The van der Waals surface area contributed by atoms with Crippen LogP contribution in [-0.4, -0.2) is 125 Å². The zero-order valence-corrected chi connectivity index (χ0v) is 36.2. The Morgan fingerprint density at radius 3 is 1.89 bits per heavy atom. The van der Waals surface area contributed by atoms with Crippen molar-refractivity contribution >= 4 is 29.8 Å². The predicted octanol–water partition coefficient (Wildman–Crippen LogP) is 5.92. The lowest BCUT2D eigenvalue weighted by Gasteiger charge is -2.34. The number of ether oxygens (including phenoxy) is 1. The first kappa shape index (κ1) is 43.6. The Balaban J connectivity index is 0.871. The summed E-state index contributed by atoms with van der Waals surface area (Å²) in [5.74, 6) is 0.0498. The Hall–Kier alpha value is -7.00. The second-order valence-corrected chi connectivity index (χ2v) is 16.6. The summed E-state index contributed by atoms with van der Waals surface area (Å²) in [5.41, 5.74) is 5.56. The maximum absolute atomic E-state index is 14.1. The van der Waals surface area contributed by atoms with Gasteiger partial charge in [0, 0.05) is 57.4 Å². The number of aromatic nitrogens is 2. The Morgan fingerprint density at radius 2 is 1.25 bits per heavy atom. The molecule has 3 aliphatic heterocycles. The summed E-state index contributed by atoms with van der Waals surface area (Å²) in [7, 11) is 3.30. The van der Waals surface area contributed by atoms with Gasteiger partial charge < -0.3 is 45.3 Å². The molecule has 4 heterocycles. The highest BCUT2D eigenvalue weighted by atomic mass is 16.5. The minimum Gasteiger partial charge on any atom is -0.453 e. The van der Waals surface area contributed by atoms with Gasteiger partial charge in [-0.3, -0.25) is 14.4 Å². The fourth-order valence-electron chi connectivity index (χ4n) is 8.87. The molecule has 3 aliphatic rings. The molecule has 0 radical (unpaired) electrons. The quantitative estimate of drug-likeness (QED) is 0.120. The number of benzene rings is 4. The molecule has 332 valence electrons. The molecular formula is C49H55N9O6. The van der Waals surface area contributed by atoms with Crippen molar-refractivity contribution in [1.29, 1.82) is 0 Å². The van der Waals surface area contributed by atoms with E-state index in [1.54, 1.807) is 33.0 Å². The molecule has 0 aliphatic carbocycles. The molecule has 3 fully saturated rings. The molecule has 4 aromatic carbocycles. The summed E-state index contributed by atoms with van der Waals surface area (Å²) in [5, 5.41) is 8.78. The van der Waals surface area contributed by atoms with E-state index < -0.39 is 18.2 Å². The van der Waals surface area contributed by atoms with Crippen molar-refractivity contribution in [2.75, 3.05) is 60.0 Å². The third-order valence-electron chi connectivity index (χ3n) is 12.5. The van der Waals surface area contributed by atoms with Crippen LogP contribution in [0, 0.1) is 0 Å². The van der Waals surface area contributed by atoms with E-state index in [9.17, 15) is 24.0 Å². The number of likely N-dealkylation sites (tertiary alicyclic amines) is 2. The van der Waals surface area contributed by atoms with E-state index in [1.165, 1.54) is 7.11 Å². The number of carbonyl (C=O) groups excluding carboxylic acids is 5. The van der Waals surface area contributed by atoms with Crippen molar-refractivity contribution in [3.63, 3.8) is 0 Å². The van der Waals surface area contributed by atoms with Gasteiger partial charge in [-0.1, -0.05) is 97.1 Å². The Morgan fingerprint density at radius 1 is 0.688 bits per heavy atom. The molecule has 15 nitrogen and oxygen atoms in total. The number of H-pyrrole nitrogens is 1. The number of imidazole rings is 1.